The van der Waals surface area contributed by atoms with Crippen molar-refractivity contribution in [2.75, 3.05) is 0 Å². The van der Waals surface area contributed by atoms with Crippen LogP contribution in [0.2, 0.25) is 0 Å². The van der Waals surface area contributed by atoms with Gasteiger partial charge in [-0.25, -0.2) is 176 Å². The Morgan fingerprint density at radius 2 is 0.632 bits per heavy atom. The Kier molecular flexibility index (Phi) is 22.2. The van der Waals surface area contributed by atoms with Crippen LogP contribution in [0.1, 0.15) is 64.4 Å². The summed E-state index contributed by atoms with van der Waals surface area (Å²) in [6.07, 6.45) is 0. The van der Waals surface area contributed by atoms with Crippen LogP contribution in [-0.4, -0.2) is 59.8 Å². The zero-order valence-electron chi connectivity index (χ0n) is 71.8. The standard InChI is InChI=1S/C34H7F4N15.C34H11N15.C28H9F2N9O3/c1-12(42-2)29-45-17-7-5-13(15(9-39)24(17)47-29)30-51-31(14-6-8-18-25(16(14)10-40)48-32(46-18)19(11-41)43-3)53-34(52-30)28(44-4)33-49-26-22(37)20(35)21(36)23(38)27(26)50-33;1-16(38-2)29-43-23-11-9-17(19(13-35)26(23)45-29)30-47-31(18-10-12-24-27(20(18)14-36)46-32(44-24)25(15-37)39-3)49-34(48-30)28(40-4)33-41-21-7-5-6-8-22(21)42-33;1-11-3-20-17(4-12(11)9-31)34-26(40-20)23-37-24(27-35-18-5-13(10-32)14(29)6-21(18)41-27)39-25(38-23)28-36-19-8-16(33-2)15(30)7-22(19)42-28/h5-8H,1H3;5-12H,1H3;3-8H,1H3/b29-12-,32-19+;29-16-,32-25+;. The van der Waals surface area contributed by atoms with E-state index >= 15 is 0 Å². The molecule has 42 nitrogen and oxygen atoms in total. The molecule has 15 aromatic rings. The molecule has 0 bridgehead atoms. The van der Waals surface area contributed by atoms with E-state index in [1.807, 2.05) is 12.1 Å². The molecule has 0 atom stereocenters. The molecule has 0 amide bonds. The zero-order valence-corrected chi connectivity index (χ0v) is 71.8. The molecule has 6 aliphatic heterocycles. The van der Waals surface area contributed by atoms with Crippen LogP contribution in [0.4, 0.5) is 32.0 Å². The van der Waals surface area contributed by atoms with Crippen LogP contribution in [-0.2, 0) is 0 Å². The molecule has 21 rings (SSSR count). The Hall–Kier alpha value is -23.6. The van der Waals surface area contributed by atoms with E-state index in [0.717, 1.165) is 12.1 Å². The molecular weight excluding hydrogens is 1860 g/mol. The topological polar surface area (TPSA) is 563 Å². The first-order valence-corrected chi connectivity index (χ1v) is 40.2. The van der Waals surface area contributed by atoms with Gasteiger partial charge in [-0.1, -0.05) is 12.1 Å². The maximum atomic E-state index is 14.6. The van der Waals surface area contributed by atoms with Crippen LogP contribution < -0.4 is 64.3 Å². The van der Waals surface area contributed by atoms with Gasteiger partial charge in [-0.15, -0.1) is 0 Å². The lowest BCUT2D eigenvalue weighted by Crippen LogP contribution is -2.32. The van der Waals surface area contributed by atoms with E-state index in [1.165, 1.54) is 49.4 Å². The molecule has 0 unspecified atom stereocenters. The van der Waals surface area contributed by atoms with Crippen LogP contribution in [0, 0.1) is 178 Å². The minimum atomic E-state index is -2.15. The van der Waals surface area contributed by atoms with Crippen molar-refractivity contribution >= 4 is 50.4 Å². The predicted octanol–water partition coefficient (Wildman–Crippen LogP) is 10.1. The Morgan fingerprint density at radius 3 is 0.979 bits per heavy atom. The van der Waals surface area contributed by atoms with E-state index in [-0.39, 0.29) is 232 Å². The molecular formula is C96H27F6N39O3. The number of oxazole rings is 3. The number of fused-ring (bicyclic) bond motifs is 9. The van der Waals surface area contributed by atoms with E-state index in [4.69, 9.17) is 59.3 Å². The number of nitrogens with zero attached hydrogens (tertiary/aromatic N) is 39. The fourth-order valence-electron chi connectivity index (χ4n) is 14.4. The SMILES string of the molecule is [C-]#[N+]C(=C1N=c2c(F)c(F)c(F)c(F)c2=N1)c1nc(-c2ccc3c(c2C#N)=N/C(=C(/C)[N+]#[C-])N=3)nc(-c2ccc3c(c2C#N)=N/C(=C(\C#N)[N+]#[C-])N=3)n1.[C-]#[N+]C(=C1N=c2ccccc2=N1)c1nc(-c2ccc3c(c2C#N)=N/C(=C(/C)[N+]#[C-])N=3)nc(-c2ccc3c(c2C#N)=N/C(=C(\C#N)[N+]#[C-])N=3)n1.[C-]#[N+]c1cc2nc(-c3nc(-c4nc5cc(C#N)c(C)cc5o4)nc(-c4nc5cc(C#N)c(F)cc5o4)n3)oc2cc1F. The Morgan fingerprint density at radius 1 is 0.306 bits per heavy atom. The lowest BCUT2D eigenvalue weighted by Gasteiger charge is -2.10. The van der Waals surface area contributed by atoms with Gasteiger partial charge in [0.05, 0.1) is 135 Å². The highest BCUT2D eigenvalue weighted by Gasteiger charge is 2.32. The molecule has 48 heteroatoms. The lowest BCUT2D eigenvalue weighted by atomic mass is 10.0. The molecule has 0 saturated carbocycles. The third kappa shape index (κ3) is 15.4. The van der Waals surface area contributed by atoms with Gasteiger partial charge in [0, 0.05) is 34.4 Å². The van der Waals surface area contributed by atoms with Crippen LogP contribution in [0.5, 0.6) is 0 Å². The molecule has 0 spiro atoms. The number of allylic oxidation sites excluding steroid dienone is 4. The number of benzene rings is 9. The summed E-state index contributed by atoms with van der Waals surface area (Å²) in [6, 6.07) is 42.2. The number of aromatic nitrogens is 12. The second-order valence-corrected chi connectivity index (χ2v) is 29.6. The van der Waals surface area contributed by atoms with E-state index < -0.39 is 68.7 Å². The van der Waals surface area contributed by atoms with Crippen molar-refractivity contribution < 1.29 is 39.6 Å². The average molecular weight is 1890 g/mol. The number of hydrogen-bond acceptors (Lipinski definition) is 35. The van der Waals surface area contributed by atoms with Crippen molar-refractivity contribution in [1.29, 1.82) is 42.1 Å². The fourth-order valence-corrected chi connectivity index (χ4v) is 14.4. The van der Waals surface area contributed by atoms with Crippen molar-refractivity contribution in [3.05, 3.63) is 397 Å². The summed E-state index contributed by atoms with van der Waals surface area (Å²) in [6.45, 7) is 57.1. The fraction of sp³-hybridized carbons (Fsp3) is 0.0312. The summed E-state index contributed by atoms with van der Waals surface area (Å²) in [5, 5.41) is 78.9. The third-order valence-electron chi connectivity index (χ3n) is 21.2. The Labute approximate surface area is 794 Å². The number of rotatable bonds is 9. The van der Waals surface area contributed by atoms with Gasteiger partial charge in [-0.2, -0.15) is 46.5 Å². The van der Waals surface area contributed by atoms with Crippen LogP contribution >= 0.6 is 0 Å². The smallest absolute Gasteiger partial charge is 0.305 e. The number of halogens is 6. The molecule has 144 heavy (non-hydrogen) atoms. The molecule has 6 aliphatic rings. The summed E-state index contributed by atoms with van der Waals surface area (Å²) >= 11 is 0. The molecule has 666 valence electrons. The summed E-state index contributed by atoms with van der Waals surface area (Å²) < 4.78 is 103. The van der Waals surface area contributed by atoms with Gasteiger partial charge in [0.15, 0.2) is 110 Å². The first-order valence-electron chi connectivity index (χ1n) is 40.2. The Bertz CT molecular complexity index is 10200. The van der Waals surface area contributed by atoms with Crippen molar-refractivity contribution in [3.8, 4) is 129 Å². The molecule has 0 fully saturated rings. The predicted molar refractivity (Wildman–Crippen MR) is 470 cm³/mol. The van der Waals surface area contributed by atoms with Crippen molar-refractivity contribution in [1.82, 2.24) is 59.8 Å². The summed E-state index contributed by atoms with van der Waals surface area (Å²) in [7, 11) is 0. The number of hydrogen-bond donors (Lipinski definition) is 0. The number of aryl methyl sites for hydroxylation is 1. The molecule has 9 aromatic carbocycles. The van der Waals surface area contributed by atoms with Gasteiger partial charge in [-0.05, 0) is 111 Å². The monoisotopic (exact) mass is 1890 g/mol. The molecule has 0 saturated heterocycles. The van der Waals surface area contributed by atoms with Crippen molar-refractivity contribution in [3.63, 3.8) is 0 Å². The van der Waals surface area contributed by atoms with Gasteiger partial charge in [0.2, 0.25) is 34.6 Å². The molecule has 6 aromatic heterocycles. The average Bonchev–Trinajstić information content (AvgIpc) is 1.32. The van der Waals surface area contributed by atoms with Crippen LogP contribution in [0.25, 0.3) is 159 Å². The molecule has 12 heterocycles. The summed E-state index contributed by atoms with van der Waals surface area (Å²) in [5.74, 6) is -12.5. The van der Waals surface area contributed by atoms with Gasteiger partial charge in [-0.3, -0.25) is 0 Å². The van der Waals surface area contributed by atoms with Gasteiger partial charge in [0.1, 0.15) is 85.2 Å². The lowest BCUT2D eigenvalue weighted by molar-refractivity contribution is 0.399. The normalized spacial score (nSPS) is 13.6. The minimum Gasteiger partial charge on any atom is -0.434 e. The van der Waals surface area contributed by atoms with Crippen molar-refractivity contribution in [2.24, 2.45) is 59.9 Å². The zero-order chi connectivity index (χ0) is 101. The maximum absolute atomic E-state index is 14.6. The van der Waals surface area contributed by atoms with Gasteiger partial charge < -0.3 is 13.3 Å². The van der Waals surface area contributed by atoms with E-state index in [9.17, 15) is 68.4 Å². The van der Waals surface area contributed by atoms with Gasteiger partial charge >= 0.3 is 11.4 Å². The van der Waals surface area contributed by atoms with E-state index in [1.54, 1.807) is 86.7 Å². The summed E-state index contributed by atoms with van der Waals surface area (Å²) in [5.41, 5.74) is 0.786. The number of nitriles is 8. The highest BCUT2D eigenvalue weighted by molar-refractivity contribution is 5.84. The first kappa shape index (κ1) is 89.6. The van der Waals surface area contributed by atoms with E-state index in [2.05, 4.69) is 172 Å². The highest BCUT2D eigenvalue weighted by Crippen LogP contribution is 2.37. The van der Waals surface area contributed by atoms with Gasteiger partial charge in [0.25, 0.3) is 29.1 Å². The van der Waals surface area contributed by atoms with E-state index in [0.29, 0.717) is 38.3 Å². The second-order valence-electron chi connectivity index (χ2n) is 29.6. The second kappa shape index (κ2) is 35.7. The third-order valence-corrected chi connectivity index (χ3v) is 21.2. The maximum Gasteiger partial charge on any atom is 0.305 e. The van der Waals surface area contributed by atoms with Crippen LogP contribution in [0.15, 0.2) is 240 Å². The highest BCUT2D eigenvalue weighted by atomic mass is 19.2. The molecule has 0 radical (unpaired) electrons. The molecule has 0 aliphatic carbocycles. The van der Waals surface area contributed by atoms with Crippen molar-refractivity contribution in [2.45, 2.75) is 20.8 Å². The Balaban J connectivity index is 0.000000138. The minimum absolute atomic E-state index is 0.00561. The summed E-state index contributed by atoms with van der Waals surface area (Å²) in [4.78, 5) is 127. The van der Waals surface area contributed by atoms with Crippen LogP contribution in [0.3, 0.4) is 0 Å². The quantitative estimate of drug-likeness (QED) is 0.0426. The molecule has 0 N–H and O–H groups in total. The first-order chi connectivity index (χ1) is 69.8. The largest absolute Gasteiger partial charge is 0.434 e. The number of para-hydroxylation sites is 2.